The number of nitrogens with zero attached hydrogens (tertiary/aromatic N) is 2. The molecule has 0 aliphatic carbocycles. The molecular weight excluding hydrogens is 540 g/mol. The van der Waals surface area contributed by atoms with Gasteiger partial charge < -0.3 is 18.9 Å². The molecule has 0 N–H and O–H groups in total. The average molecular weight is 577 g/mol. The highest BCUT2D eigenvalue weighted by Crippen LogP contribution is 2.17. The van der Waals surface area contributed by atoms with Gasteiger partial charge in [0.1, 0.15) is 13.2 Å². The Labute approximate surface area is 245 Å². The smallest absolute Gasteiger partial charge is 0.311 e. The van der Waals surface area contributed by atoms with Crippen molar-refractivity contribution < 1.29 is 38.1 Å². The largest absolute Gasteiger partial charge is 0.466 e. The van der Waals surface area contributed by atoms with Gasteiger partial charge in [0, 0.05) is 12.8 Å². The first-order valence-electron chi connectivity index (χ1n) is 14.0. The Bertz CT molecular complexity index is 1230. The number of esters is 4. The van der Waals surface area contributed by atoms with Crippen LogP contribution < -0.4 is 0 Å². The number of hydrogen-bond donors (Lipinski definition) is 0. The molecule has 0 aliphatic heterocycles. The molecule has 0 bridgehead atoms. The van der Waals surface area contributed by atoms with Crippen LogP contribution in [-0.2, 0) is 77.0 Å². The number of aryl methyl sites for hydroxylation is 2. The lowest BCUT2D eigenvalue weighted by atomic mass is 10.1. The zero-order chi connectivity index (χ0) is 30.2. The summed E-state index contributed by atoms with van der Waals surface area (Å²) in [7, 11) is 0. The minimum atomic E-state index is -0.508. The number of benzene rings is 2. The molecule has 10 heteroatoms. The Kier molecular flexibility index (Phi) is 13.1. The number of carbonyl (C=O) groups is 4. The van der Waals surface area contributed by atoms with E-state index in [-0.39, 0.29) is 65.0 Å². The van der Waals surface area contributed by atoms with Gasteiger partial charge in [0.15, 0.2) is 0 Å². The SMILES string of the molecule is CCOC(=O)Cc1nc(CCC(=O)OCc2ccccc2)c(CC(=O)OCC)nc1CCC(=O)OCc1ccccc1. The summed E-state index contributed by atoms with van der Waals surface area (Å²) >= 11 is 0. The lowest BCUT2D eigenvalue weighted by Gasteiger charge is -2.15. The molecule has 3 rings (SSSR count). The third-order valence-corrected chi connectivity index (χ3v) is 6.06. The first-order chi connectivity index (χ1) is 20.4. The van der Waals surface area contributed by atoms with Crippen molar-refractivity contribution in [2.75, 3.05) is 13.2 Å². The molecule has 222 valence electrons. The van der Waals surface area contributed by atoms with Crippen LogP contribution >= 0.6 is 0 Å². The predicted molar refractivity (Wildman–Crippen MR) is 152 cm³/mol. The van der Waals surface area contributed by atoms with E-state index in [0.717, 1.165) is 11.1 Å². The first kappa shape index (κ1) is 31.9. The Hall–Kier alpha value is -4.60. The van der Waals surface area contributed by atoms with E-state index < -0.39 is 23.9 Å². The highest BCUT2D eigenvalue weighted by molar-refractivity contribution is 5.74. The lowest BCUT2D eigenvalue weighted by molar-refractivity contribution is -0.145. The van der Waals surface area contributed by atoms with Crippen molar-refractivity contribution in [3.05, 3.63) is 94.6 Å². The van der Waals surface area contributed by atoms with Crippen molar-refractivity contribution in [2.45, 2.75) is 65.6 Å². The summed E-state index contributed by atoms with van der Waals surface area (Å²) in [4.78, 5) is 59.0. The second-order valence-electron chi connectivity index (χ2n) is 9.27. The van der Waals surface area contributed by atoms with Crippen molar-refractivity contribution in [3.63, 3.8) is 0 Å². The molecule has 0 unspecified atom stereocenters. The van der Waals surface area contributed by atoms with Gasteiger partial charge in [-0.15, -0.1) is 0 Å². The highest BCUT2D eigenvalue weighted by atomic mass is 16.5. The van der Waals surface area contributed by atoms with Gasteiger partial charge in [0.05, 0.1) is 61.7 Å². The van der Waals surface area contributed by atoms with Crippen LogP contribution in [0, 0.1) is 0 Å². The van der Waals surface area contributed by atoms with Crippen molar-refractivity contribution >= 4 is 23.9 Å². The minimum Gasteiger partial charge on any atom is -0.466 e. The highest BCUT2D eigenvalue weighted by Gasteiger charge is 2.21. The second kappa shape index (κ2) is 17.3. The summed E-state index contributed by atoms with van der Waals surface area (Å²) in [6, 6.07) is 18.6. The fourth-order valence-corrected chi connectivity index (χ4v) is 4.03. The van der Waals surface area contributed by atoms with Gasteiger partial charge in [-0.3, -0.25) is 29.1 Å². The van der Waals surface area contributed by atoms with Crippen LogP contribution in [0.2, 0.25) is 0 Å². The molecule has 0 radical (unpaired) electrons. The van der Waals surface area contributed by atoms with E-state index in [1.807, 2.05) is 60.7 Å². The average Bonchev–Trinajstić information content (AvgIpc) is 2.99. The summed E-state index contributed by atoms with van der Waals surface area (Å²) in [6.07, 6.45) is -0.126. The van der Waals surface area contributed by atoms with Crippen LogP contribution in [-0.4, -0.2) is 47.1 Å². The summed E-state index contributed by atoms with van der Waals surface area (Å²) in [5, 5.41) is 0. The van der Waals surface area contributed by atoms with Crippen molar-refractivity contribution in [1.82, 2.24) is 9.97 Å². The van der Waals surface area contributed by atoms with Gasteiger partial charge >= 0.3 is 23.9 Å². The van der Waals surface area contributed by atoms with Gasteiger partial charge in [-0.2, -0.15) is 0 Å². The molecule has 42 heavy (non-hydrogen) atoms. The topological polar surface area (TPSA) is 131 Å². The van der Waals surface area contributed by atoms with Gasteiger partial charge in [-0.25, -0.2) is 0 Å². The summed E-state index contributed by atoms with van der Waals surface area (Å²) in [5.41, 5.74) is 3.08. The quantitative estimate of drug-likeness (QED) is 0.182. The van der Waals surface area contributed by atoms with Crippen LogP contribution in [0.1, 0.15) is 60.6 Å². The third kappa shape index (κ3) is 11.1. The van der Waals surface area contributed by atoms with Crippen LogP contribution in [0.3, 0.4) is 0 Å². The first-order valence-corrected chi connectivity index (χ1v) is 14.0. The van der Waals surface area contributed by atoms with E-state index in [9.17, 15) is 19.2 Å². The molecular formula is C32H36N2O8. The van der Waals surface area contributed by atoms with E-state index in [0.29, 0.717) is 22.8 Å². The van der Waals surface area contributed by atoms with Gasteiger partial charge in [0.25, 0.3) is 0 Å². The minimum absolute atomic E-state index is 0.0126. The van der Waals surface area contributed by atoms with E-state index in [2.05, 4.69) is 9.97 Å². The van der Waals surface area contributed by atoms with Crippen molar-refractivity contribution in [1.29, 1.82) is 0 Å². The Morgan fingerprint density at radius 2 is 0.905 bits per heavy atom. The van der Waals surface area contributed by atoms with E-state index in [1.165, 1.54) is 0 Å². The molecule has 0 amide bonds. The van der Waals surface area contributed by atoms with Crippen molar-refractivity contribution in [2.24, 2.45) is 0 Å². The molecule has 0 fully saturated rings. The molecule has 10 nitrogen and oxygen atoms in total. The Morgan fingerprint density at radius 1 is 0.524 bits per heavy atom. The zero-order valence-electron chi connectivity index (χ0n) is 24.0. The number of rotatable bonds is 16. The standard InChI is InChI=1S/C32H36N2O8/c1-3-39-31(37)19-27-25(15-17-29(35)41-21-23-11-7-5-8-12-23)34-28(20-32(38)40-4-2)26(33-27)16-18-30(36)42-22-24-13-9-6-10-14-24/h5-14H,3-4,15-22H2,1-2H3. The second-order valence-corrected chi connectivity index (χ2v) is 9.27. The number of aromatic nitrogens is 2. The van der Waals surface area contributed by atoms with Gasteiger partial charge in [0.2, 0.25) is 0 Å². The Balaban J connectivity index is 1.77. The van der Waals surface area contributed by atoms with Crippen LogP contribution in [0.25, 0.3) is 0 Å². The van der Waals surface area contributed by atoms with Gasteiger partial charge in [-0.05, 0) is 25.0 Å². The maximum atomic E-state index is 12.5. The maximum Gasteiger partial charge on any atom is 0.311 e. The fourth-order valence-electron chi connectivity index (χ4n) is 4.03. The number of hydrogen-bond acceptors (Lipinski definition) is 10. The van der Waals surface area contributed by atoms with Crippen molar-refractivity contribution in [3.8, 4) is 0 Å². The number of ether oxygens (including phenoxy) is 4. The fraction of sp³-hybridized carbons (Fsp3) is 0.375. The van der Waals surface area contributed by atoms with E-state index in [4.69, 9.17) is 18.9 Å². The van der Waals surface area contributed by atoms with Gasteiger partial charge in [-0.1, -0.05) is 60.7 Å². The summed E-state index contributed by atoms with van der Waals surface area (Å²) in [5.74, 6) is -1.91. The predicted octanol–water partition coefficient (Wildman–Crippen LogP) is 4.04. The van der Waals surface area contributed by atoms with Crippen LogP contribution in [0.4, 0.5) is 0 Å². The molecule has 0 spiro atoms. The lowest BCUT2D eigenvalue weighted by Crippen LogP contribution is -2.19. The van der Waals surface area contributed by atoms with Crippen LogP contribution in [0.15, 0.2) is 60.7 Å². The molecule has 2 aromatic carbocycles. The molecule has 0 saturated carbocycles. The Morgan fingerprint density at radius 3 is 1.26 bits per heavy atom. The normalized spacial score (nSPS) is 10.5. The molecule has 3 aromatic rings. The van der Waals surface area contributed by atoms with Crippen LogP contribution in [0.5, 0.6) is 0 Å². The summed E-state index contributed by atoms with van der Waals surface area (Å²) < 4.78 is 21.0. The zero-order valence-corrected chi connectivity index (χ0v) is 24.0. The van der Waals surface area contributed by atoms with E-state index in [1.54, 1.807) is 13.8 Å². The number of carbonyl (C=O) groups excluding carboxylic acids is 4. The summed E-state index contributed by atoms with van der Waals surface area (Å²) in [6.45, 7) is 4.04. The third-order valence-electron chi connectivity index (χ3n) is 6.06. The molecule has 0 saturated heterocycles. The monoisotopic (exact) mass is 576 g/mol. The molecule has 0 aliphatic rings. The molecule has 1 heterocycles. The van der Waals surface area contributed by atoms with E-state index >= 15 is 0 Å². The molecule has 1 aromatic heterocycles. The molecule has 0 atom stereocenters. The maximum absolute atomic E-state index is 12.5.